The van der Waals surface area contributed by atoms with Crippen LogP contribution in [0.1, 0.15) is 18.5 Å². The maximum absolute atomic E-state index is 8.86. The lowest BCUT2D eigenvalue weighted by Crippen LogP contribution is -2.38. The molecule has 1 aliphatic carbocycles. The Hall–Kier alpha value is -1.60. The number of hydrogen-bond donors (Lipinski definition) is 1. The first-order valence-electron chi connectivity index (χ1n) is 5.50. The molecule has 4 heteroatoms. The van der Waals surface area contributed by atoms with E-state index in [-0.39, 0.29) is 6.10 Å². The zero-order valence-corrected chi connectivity index (χ0v) is 9.31. The largest absolute Gasteiger partial charge is 0.487 e. The third kappa shape index (κ3) is 2.31. The number of nitrogens with zero attached hydrogens (tertiary/aromatic N) is 2. The van der Waals surface area contributed by atoms with Crippen molar-refractivity contribution in [3.63, 3.8) is 0 Å². The van der Waals surface area contributed by atoms with Gasteiger partial charge in [0, 0.05) is 6.20 Å². The van der Waals surface area contributed by atoms with E-state index < -0.39 is 0 Å². The van der Waals surface area contributed by atoms with Crippen LogP contribution in [0.25, 0.3) is 0 Å². The van der Waals surface area contributed by atoms with Crippen LogP contribution in [0.2, 0.25) is 0 Å². The Kier molecular flexibility index (Phi) is 3.37. The van der Waals surface area contributed by atoms with E-state index >= 15 is 0 Å². The van der Waals surface area contributed by atoms with Gasteiger partial charge in [-0.15, -0.1) is 0 Å². The fraction of sp³-hybridized carbons (Fsp3) is 0.500. The van der Waals surface area contributed by atoms with Crippen molar-refractivity contribution in [2.24, 2.45) is 5.92 Å². The van der Waals surface area contributed by atoms with E-state index in [2.05, 4.69) is 10.3 Å². The van der Waals surface area contributed by atoms with Crippen LogP contribution in [0.4, 0.5) is 0 Å². The van der Waals surface area contributed by atoms with Crippen molar-refractivity contribution in [2.75, 3.05) is 13.6 Å². The van der Waals surface area contributed by atoms with Crippen molar-refractivity contribution in [1.82, 2.24) is 10.3 Å². The molecule has 1 fully saturated rings. The van der Waals surface area contributed by atoms with E-state index in [1.165, 1.54) is 0 Å². The predicted octanol–water partition coefficient (Wildman–Crippen LogP) is 1.33. The van der Waals surface area contributed by atoms with Crippen molar-refractivity contribution in [3.05, 3.63) is 24.0 Å². The molecule has 2 rings (SSSR count). The van der Waals surface area contributed by atoms with Crippen LogP contribution in [0, 0.1) is 17.2 Å². The zero-order valence-electron chi connectivity index (χ0n) is 9.31. The van der Waals surface area contributed by atoms with Crippen LogP contribution < -0.4 is 10.1 Å². The summed E-state index contributed by atoms with van der Waals surface area (Å²) in [6.45, 7) is 1.04. The lowest BCUT2D eigenvalue weighted by atomic mass is 9.82. The van der Waals surface area contributed by atoms with Crippen molar-refractivity contribution in [2.45, 2.75) is 18.9 Å². The van der Waals surface area contributed by atoms with Crippen LogP contribution in [-0.4, -0.2) is 24.7 Å². The van der Waals surface area contributed by atoms with Crippen LogP contribution in [0.5, 0.6) is 5.75 Å². The molecule has 0 bridgehead atoms. The molecule has 0 atom stereocenters. The molecule has 16 heavy (non-hydrogen) atoms. The lowest BCUT2D eigenvalue weighted by Gasteiger charge is -2.35. The molecule has 0 saturated heterocycles. The van der Waals surface area contributed by atoms with Gasteiger partial charge in [-0.25, -0.2) is 4.98 Å². The molecule has 0 unspecified atom stereocenters. The summed E-state index contributed by atoms with van der Waals surface area (Å²) in [5.41, 5.74) is 0.375. The molecule has 0 amide bonds. The van der Waals surface area contributed by atoms with E-state index in [9.17, 15) is 0 Å². The summed E-state index contributed by atoms with van der Waals surface area (Å²) in [5, 5.41) is 12.0. The van der Waals surface area contributed by atoms with Gasteiger partial charge in [0.25, 0.3) is 0 Å². The quantitative estimate of drug-likeness (QED) is 0.826. The number of pyridine rings is 1. The number of rotatable bonds is 4. The fourth-order valence-electron chi connectivity index (χ4n) is 1.98. The average molecular weight is 217 g/mol. The minimum absolute atomic E-state index is 0.245. The van der Waals surface area contributed by atoms with Gasteiger partial charge in [0.05, 0.1) is 6.10 Å². The molecule has 4 nitrogen and oxygen atoms in total. The Morgan fingerprint density at radius 2 is 2.44 bits per heavy atom. The molecule has 0 aliphatic heterocycles. The van der Waals surface area contributed by atoms with E-state index in [1.54, 1.807) is 18.3 Å². The van der Waals surface area contributed by atoms with Gasteiger partial charge in [-0.05, 0) is 44.5 Å². The molecule has 1 N–H and O–H groups in total. The summed E-state index contributed by atoms with van der Waals surface area (Å²) in [7, 11) is 1.96. The van der Waals surface area contributed by atoms with Gasteiger partial charge in [-0.1, -0.05) is 0 Å². The molecule has 84 valence electrons. The maximum atomic E-state index is 8.86. The Morgan fingerprint density at radius 3 is 3.12 bits per heavy atom. The number of nitriles is 1. The van der Waals surface area contributed by atoms with Crippen molar-refractivity contribution in [1.29, 1.82) is 5.26 Å². The highest BCUT2D eigenvalue weighted by Gasteiger charge is 2.30. The normalized spacial score (nSPS) is 23.2. The molecule has 0 spiro atoms. The van der Waals surface area contributed by atoms with E-state index in [4.69, 9.17) is 10.00 Å². The Morgan fingerprint density at radius 1 is 1.62 bits per heavy atom. The average Bonchev–Trinajstić information content (AvgIpc) is 2.27. The van der Waals surface area contributed by atoms with E-state index in [0.29, 0.717) is 17.4 Å². The monoisotopic (exact) mass is 217 g/mol. The number of hydrogen-bond acceptors (Lipinski definition) is 4. The first kappa shape index (κ1) is 10.9. The van der Waals surface area contributed by atoms with Gasteiger partial charge in [-0.2, -0.15) is 5.26 Å². The van der Waals surface area contributed by atoms with Gasteiger partial charge >= 0.3 is 0 Å². The second-order valence-electron chi connectivity index (χ2n) is 4.10. The smallest absolute Gasteiger partial charge is 0.182 e. The van der Waals surface area contributed by atoms with Crippen LogP contribution >= 0.6 is 0 Å². The number of ether oxygens (including phenoxy) is 1. The summed E-state index contributed by atoms with van der Waals surface area (Å²) in [6, 6.07) is 5.63. The first-order chi connectivity index (χ1) is 7.83. The molecule has 1 saturated carbocycles. The van der Waals surface area contributed by atoms with Crippen molar-refractivity contribution in [3.8, 4) is 11.8 Å². The number of nitrogens with one attached hydrogen (secondary N) is 1. The van der Waals surface area contributed by atoms with E-state index in [0.717, 1.165) is 19.4 Å². The van der Waals surface area contributed by atoms with Crippen molar-refractivity contribution >= 4 is 0 Å². The summed E-state index contributed by atoms with van der Waals surface area (Å²) in [5.74, 6) is 1.31. The first-order valence-corrected chi connectivity index (χ1v) is 5.50. The second-order valence-corrected chi connectivity index (χ2v) is 4.10. The van der Waals surface area contributed by atoms with Gasteiger partial charge in [0.2, 0.25) is 0 Å². The summed E-state index contributed by atoms with van der Waals surface area (Å²) >= 11 is 0. The number of aromatic nitrogens is 1. The van der Waals surface area contributed by atoms with E-state index in [1.807, 2.05) is 13.1 Å². The Bertz CT molecular complexity index is 393. The van der Waals surface area contributed by atoms with Crippen LogP contribution in [0.3, 0.4) is 0 Å². The van der Waals surface area contributed by atoms with Gasteiger partial charge in [-0.3, -0.25) is 0 Å². The second kappa shape index (κ2) is 4.95. The third-order valence-corrected chi connectivity index (χ3v) is 2.86. The van der Waals surface area contributed by atoms with Crippen LogP contribution in [-0.2, 0) is 0 Å². The highest BCUT2D eigenvalue weighted by Crippen LogP contribution is 2.31. The highest BCUT2D eigenvalue weighted by molar-refractivity contribution is 5.36. The van der Waals surface area contributed by atoms with Gasteiger partial charge < -0.3 is 10.1 Å². The molecule has 0 radical (unpaired) electrons. The topological polar surface area (TPSA) is 57.9 Å². The van der Waals surface area contributed by atoms with Gasteiger partial charge in [0.15, 0.2) is 11.4 Å². The molecule has 1 aliphatic rings. The Balaban J connectivity index is 1.89. The molecule has 0 aromatic carbocycles. The minimum atomic E-state index is 0.245. The maximum Gasteiger partial charge on any atom is 0.182 e. The lowest BCUT2D eigenvalue weighted by molar-refractivity contribution is 0.0651. The predicted molar refractivity (Wildman–Crippen MR) is 60.0 cm³/mol. The fourth-order valence-corrected chi connectivity index (χ4v) is 1.98. The summed E-state index contributed by atoms with van der Waals surface area (Å²) in [6.07, 6.45) is 3.96. The standard InChI is InChI=1S/C12H15N3O/c1-14-8-9-5-10(6-9)16-12-3-2-4-15-11(12)7-13/h2-4,9-10,14H,5-6,8H2,1H3. The highest BCUT2D eigenvalue weighted by atomic mass is 16.5. The molecule has 1 aromatic rings. The van der Waals surface area contributed by atoms with Crippen LogP contribution in [0.15, 0.2) is 18.3 Å². The SMILES string of the molecule is CNCC1CC(Oc2cccnc2C#N)C1. The van der Waals surface area contributed by atoms with Crippen molar-refractivity contribution < 1.29 is 4.74 Å². The molecular weight excluding hydrogens is 202 g/mol. The molecular formula is C12H15N3O. The zero-order chi connectivity index (χ0) is 11.4. The summed E-state index contributed by atoms with van der Waals surface area (Å²) in [4.78, 5) is 3.97. The summed E-state index contributed by atoms with van der Waals surface area (Å²) < 4.78 is 5.74. The third-order valence-electron chi connectivity index (χ3n) is 2.86. The minimum Gasteiger partial charge on any atom is -0.487 e. The molecule has 1 aromatic heterocycles. The van der Waals surface area contributed by atoms with Gasteiger partial charge in [0.1, 0.15) is 6.07 Å². The Labute approximate surface area is 95.3 Å². The molecule has 1 heterocycles.